The molecule has 0 unspecified atom stereocenters. The molecule has 0 fully saturated rings. The molecule has 0 bridgehead atoms. The Bertz CT molecular complexity index is 387. The van der Waals surface area contributed by atoms with E-state index in [0.29, 0.717) is 12.6 Å². The zero-order chi connectivity index (χ0) is 10.7. The second-order valence-corrected chi connectivity index (χ2v) is 4.06. The Kier molecular flexibility index (Phi) is 3.08. The standard InChI is InChI=1S/C14H17N/c1-3-9-15-14-8-7-12-6-5-11(4-2)10-13(12)14/h1,5-6,10,14-15H,4,7-9H2,2H3/t14-/m1/s1. The van der Waals surface area contributed by atoms with Gasteiger partial charge in [-0.1, -0.05) is 31.0 Å². The van der Waals surface area contributed by atoms with E-state index in [1.54, 1.807) is 0 Å². The maximum Gasteiger partial charge on any atom is 0.0578 e. The van der Waals surface area contributed by atoms with E-state index in [2.05, 4.69) is 36.4 Å². The highest BCUT2D eigenvalue weighted by Gasteiger charge is 2.21. The Morgan fingerprint density at radius 3 is 3.13 bits per heavy atom. The molecule has 1 aromatic carbocycles. The summed E-state index contributed by atoms with van der Waals surface area (Å²) in [6.07, 6.45) is 8.74. The molecule has 1 aliphatic carbocycles. The number of hydrogen-bond acceptors (Lipinski definition) is 1. The van der Waals surface area contributed by atoms with Crippen molar-refractivity contribution in [1.29, 1.82) is 0 Å². The van der Waals surface area contributed by atoms with Crippen LogP contribution in [-0.2, 0) is 12.8 Å². The minimum Gasteiger partial charge on any atom is -0.299 e. The first-order valence-electron chi connectivity index (χ1n) is 5.63. The molecule has 0 heterocycles. The molecular formula is C14H17N. The van der Waals surface area contributed by atoms with E-state index in [0.717, 1.165) is 6.42 Å². The summed E-state index contributed by atoms with van der Waals surface area (Å²) in [5.41, 5.74) is 4.37. The lowest BCUT2D eigenvalue weighted by Crippen LogP contribution is -2.19. The molecule has 0 aromatic heterocycles. The van der Waals surface area contributed by atoms with Gasteiger partial charge in [-0.3, -0.25) is 5.32 Å². The molecule has 15 heavy (non-hydrogen) atoms. The smallest absolute Gasteiger partial charge is 0.0578 e. The van der Waals surface area contributed by atoms with E-state index in [4.69, 9.17) is 6.42 Å². The summed E-state index contributed by atoms with van der Waals surface area (Å²) in [4.78, 5) is 0. The van der Waals surface area contributed by atoms with E-state index in [-0.39, 0.29) is 0 Å². The SMILES string of the molecule is C#CCN[C@@H]1CCc2ccc(CC)cc21. The molecule has 0 aliphatic heterocycles. The largest absolute Gasteiger partial charge is 0.299 e. The second-order valence-electron chi connectivity index (χ2n) is 4.06. The highest BCUT2D eigenvalue weighted by Crippen LogP contribution is 2.31. The van der Waals surface area contributed by atoms with Gasteiger partial charge >= 0.3 is 0 Å². The van der Waals surface area contributed by atoms with Gasteiger partial charge in [0.15, 0.2) is 0 Å². The third kappa shape index (κ3) is 2.06. The van der Waals surface area contributed by atoms with Crippen LogP contribution < -0.4 is 5.32 Å². The van der Waals surface area contributed by atoms with Crippen LogP contribution in [0.3, 0.4) is 0 Å². The Morgan fingerprint density at radius 1 is 1.53 bits per heavy atom. The highest BCUT2D eigenvalue weighted by atomic mass is 14.9. The molecule has 0 saturated heterocycles. The summed E-state index contributed by atoms with van der Waals surface area (Å²) in [7, 11) is 0. The molecule has 1 aromatic rings. The molecular weight excluding hydrogens is 182 g/mol. The summed E-state index contributed by atoms with van der Waals surface area (Å²) in [6, 6.07) is 7.31. The first-order chi connectivity index (χ1) is 7.35. The van der Waals surface area contributed by atoms with Gasteiger partial charge in [-0.25, -0.2) is 0 Å². The van der Waals surface area contributed by atoms with Crippen LogP contribution >= 0.6 is 0 Å². The Hall–Kier alpha value is -1.26. The third-order valence-electron chi connectivity index (χ3n) is 3.15. The normalized spacial score (nSPS) is 18.5. The van der Waals surface area contributed by atoms with E-state index in [1.165, 1.54) is 29.5 Å². The average Bonchev–Trinajstić information content (AvgIpc) is 2.68. The minimum absolute atomic E-state index is 0.475. The predicted molar refractivity (Wildman–Crippen MR) is 63.7 cm³/mol. The van der Waals surface area contributed by atoms with Gasteiger partial charge in [-0.15, -0.1) is 6.42 Å². The fourth-order valence-electron chi connectivity index (χ4n) is 2.27. The van der Waals surface area contributed by atoms with Gasteiger partial charge in [0, 0.05) is 6.04 Å². The molecule has 78 valence electrons. The monoisotopic (exact) mass is 199 g/mol. The number of aryl methyl sites for hydroxylation is 2. The molecule has 0 amide bonds. The van der Waals surface area contributed by atoms with E-state index < -0.39 is 0 Å². The van der Waals surface area contributed by atoms with Crippen molar-refractivity contribution in [2.45, 2.75) is 32.2 Å². The molecule has 2 rings (SSSR count). The lowest BCUT2D eigenvalue weighted by molar-refractivity contribution is 0.568. The van der Waals surface area contributed by atoms with Crippen LogP contribution in [0.2, 0.25) is 0 Å². The van der Waals surface area contributed by atoms with Crippen LogP contribution in [0.25, 0.3) is 0 Å². The zero-order valence-electron chi connectivity index (χ0n) is 9.22. The van der Waals surface area contributed by atoms with Crippen LogP contribution in [0, 0.1) is 12.3 Å². The Labute approximate surface area is 91.9 Å². The number of nitrogens with one attached hydrogen (secondary N) is 1. The van der Waals surface area contributed by atoms with Crippen molar-refractivity contribution in [2.24, 2.45) is 0 Å². The van der Waals surface area contributed by atoms with Crippen molar-refractivity contribution in [3.63, 3.8) is 0 Å². The lowest BCUT2D eigenvalue weighted by Gasteiger charge is -2.12. The van der Waals surface area contributed by atoms with Crippen molar-refractivity contribution in [1.82, 2.24) is 5.32 Å². The summed E-state index contributed by atoms with van der Waals surface area (Å²) in [6.45, 7) is 2.86. The molecule has 1 nitrogen and oxygen atoms in total. The molecule has 1 N–H and O–H groups in total. The van der Waals surface area contributed by atoms with E-state index in [1.807, 2.05) is 0 Å². The number of fused-ring (bicyclic) bond motifs is 1. The van der Waals surface area contributed by atoms with Crippen LogP contribution in [0.1, 0.15) is 36.1 Å². The fraction of sp³-hybridized carbons (Fsp3) is 0.429. The zero-order valence-corrected chi connectivity index (χ0v) is 9.22. The van der Waals surface area contributed by atoms with Crippen LogP contribution in [0.4, 0.5) is 0 Å². The van der Waals surface area contributed by atoms with Gasteiger partial charge in [0.1, 0.15) is 0 Å². The van der Waals surface area contributed by atoms with Crippen molar-refractivity contribution < 1.29 is 0 Å². The first kappa shape index (κ1) is 10.3. The number of hydrogen-bond donors (Lipinski definition) is 1. The summed E-state index contributed by atoms with van der Waals surface area (Å²) in [5.74, 6) is 2.64. The first-order valence-corrected chi connectivity index (χ1v) is 5.63. The summed E-state index contributed by atoms with van der Waals surface area (Å²) in [5, 5.41) is 3.40. The Balaban J connectivity index is 2.20. The Morgan fingerprint density at radius 2 is 2.40 bits per heavy atom. The summed E-state index contributed by atoms with van der Waals surface area (Å²) < 4.78 is 0. The third-order valence-corrected chi connectivity index (χ3v) is 3.15. The average molecular weight is 199 g/mol. The van der Waals surface area contributed by atoms with Gasteiger partial charge in [-0.05, 0) is 36.0 Å². The minimum atomic E-state index is 0.475. The van der Waals surface area contributed by atoms with Gasteiger partial charge in [-0.2, -0.15) is 0 Å². The molecule has 1 atom stereocenters. The van der Waals surface area contributed by atoms with Gasteiger partial charge in [0.2, 0.25) is 0 Å². The van der Waals surface area contributed by atoms with Gasteiger partial charge in [0.25, 0.3) is 0 Å². The van der Waals surface area contributed by atoms with Crippen molar-refractivity contribution in [2.75, 3.05) is 6.54 Å². The van der Waals surface area contributed by atoms with Crippen LogP contribution in [0.5, 0.6) is 0 Å². The molecule has 1 aliphatic rings. The number of benzene rings is 1. The summed E-state index contributed by atoms with van der Waals surface area (Å²) >= 11 is 0. The maximum atomic E-state index is 5.27. The molecule has 0 saturated carbocycles. The second kappa shape index (κ2) is 4.51. The number of terminal acetylenes is 1. The van der Waals surface area contributed by atoms with Gasteiger partial charge < -0.3 is 0 Å². The van der Waals surface area contributed by atoms with Crippen LogP contribution in [0.15, 0.2) is 18.2 Å². The van der Waals surface area contributed by atoms with Crippen molar-refractivity contribution >= 4 is 0 Å². The van der Waals surface area contributed by atoms with Gasteiger partial charge in [0.05, 0.1) is 6.54 Å². The quantitative estimate of drug-likeness (QED) is 0.737. The number of rotatable bonds is 3. The molecule has 1 heteroatoms. The van der Waals surface area contributed by atoms with Crippen LogP contribution in [-0.4, -0.2) is 6.54 Å². The van der Waals surface area contributed by atoms with Crippen molar-refractivity contribution in [3.05, 3.63) is 34.9 Å². The fourth-order valence-corrected chi connectivity index (χ4v) is 2.27. The van der Waals surface area contributed by atoms with E-state index in [9.17, 15) is 0 Å². The molecule has 0 spiro atoms. The maximum absolute atomic E-state index is 5.27. The molecule has 0 radical (unpaired) electrons. The lowest BCUT2D eigenvalue weighted by atomic mass is 10.0. The predicted octanol–water partition coefficient (Wildman–Crippen LogP) is 2.46. The highest BCUT2D eigenvalue weighted by molar-refractivity contribution is 5.38. The topological polar surface area (TPSA) is 12.0 Å². The van der Waals surface area contributed by atoms with E-state index >= 15 is 0 Å². The van der Waals surface area contributed by atoms with Crippen molar-refractivity contribution in [3.8, 4) is 12.3 Å².